The number of ether oxygens (including phenoxy) is 1. The van der Waals surface area contributed by atoms with Crippen LogP contribution in [0.2, 0.25) is 0 Å². The predicted octanol–water partition coefficient (Wildman–Crippen LogP) is 2.27. The topological polar surface area (TPSA) is 87.7 Å². The van der Waals surface area contributed by atoms with Crippen molar-refractivity contribution in [3.8, 4) is 0 Å². The second kappa shape index (κ2) is 7.79. The minimum Gasteiger partial charge on any atom is -0.480 e. The standard InChI is InChI=1S/C16H24N2O4/c1-11(14(19)20)17-9-12-7-5-6-8-13(12)10-18-15(21)22-16(2,3)4/h5-8,11,17H,9-10H2,1-4H3,(H,18,21)(H,19,20). The summed E-state index contributed by atoms with van der Waals surface area (Å²) in [5.41, 5.74) is 1.31. The van der Waals surface area contributed by atoms with E-state index in [4.69, 9.17) is 9.84 Å². The molecule has 122 valence electrons. The molecule has 0 aliphatic rings. The first-order chi connectivity index (χ1) is 10.2. The molecule has 1 aromatic carbocycles. The summed E-state index contributed by atoms with van der Waals surface area (Å²) < 4.78 is 5.19. The summed E-state index contributed by atoms with van der Waals surface area (Å²) in [6.45, 7) is 7.74. The van der Waals surface area contributed by atoms with E-state index in [9.17, 15) is 9.59 Å². The van der Waals surface area contributed by atoms with Crippen LogP contribution in [-0.2, 0) is 22.6 Å². The molecule has 6 nitrogen and oxygen atoms in total. The zero-order chi connectivity index (χ0) is 16.8. The van der Waals surface area contributed by atoms with Crippen molar-refractivity contribution in [2.24, 2.45) is 0 Å². The zero-order valence-electron chi connectivity index (χ0n) is 13.5. The molecule has 0 aliphatic heterocycles. The maximum atomic E-state index is 11.7. The third-order valence-corrected chi connectivity index (χ3v) is 2.91. The molecular weight excluding hydrogens is 284 g/mol. The maximum absolute atomic E-state index is 11.7. The molecule has 3 N–H and O–H groups in total. The number of alkyl carbamates (subject to hydrolysis) is 1. The molecule has 1 rings (SSSR count). The number of carboxylic acid groups (broad SMARTS) is 1. The van der Waals surface area contributed by atoms with Crippen molar-refractivity contribution in [3.05, 3.63) is 35.4 Å². The fraction of sp³-hybridized carbons (Fsp3) is 0.500. The van der Waals surface area contributed by atoms with E-state index in [1.165, 1.54) is 0 Å². The molecule has 0 heterocycles. The highest BCUT2D eigenvalue weighted by atomic mass is 16.6. The van der Waals surface area contributed by atoms with Crippen molar-refractivity contribution in [2.75, 3.05) is 0 Å². The average Bonchev–Trinajstić information content (AvgIpc) is 2.41. The highest BCUT2D eigenvalue weighted by Gasteiger charge is 2.16. The summed E-state index contributed by atoms with van der Waals surface area (Å²) >= 11 is 0. The summed E-state index contributed by atoms with van der Waals surface area (Å²) in [4.78, 5) is 22.5. The van der Waals surface area contributed by atoms with Crippen LogP contribution < -0.4 is 10.6 Å². The Hall–Kier alpha value is -2.08. The van der Waals surface area contributed by atoms with E-state index in [-0.39, 0.29) is 0 Å². The Kier molecular flexibility index (Phi) is 6.37. The number of hydrogen-bond donors (Lipinski definition) is 3. The lowest BCUT2D eigenvalue weighted by atomic mass is 10.1. The number of carbonyl (C=O) groups excluding carboxylic acids is 1. The molecule has 0 aliphatic carbocycles. The number of rotatable bonds is 6. The molecule has 22 heavy (non-hydrogen) atoms. The molecule has 1 amide bonds. The minimum atomic E-state index is -0.899. The molecule has 0 fully saturated rings. The molecule has 0 bridgehead atoms. The number of aliphatic carboxylic acids is 1. The highest BCUT2D eigenvalue weighted by molar-refractivity contribution is 5.72. The summed E-state index contributed by atoms with van der Waals surface area (Å²) in [6, 6.07) is 6.90. The summed E-state index contributed by atoms with van der Waals surface area (Å²) in [7, 11) is 0. The third kappa shape index (κ3) is 6.58. The molecule has 1 unspecified atom stereocenters. The second-order valence-corrected chi connectivity index (χ2v) is 6.06. The minimum absolute atomic E-state index is 0.328. The van der Waals surface area contributed by atoms with Gasteiger partial charge in [-0.05, 0) is 38.8 Å². The van der Waals surface area contributed by atoms with Crippen LogP contribution in [0.4, 0.5) is 4.79 Å². The van der Waals surface area contributed by atoms with Crippen molar-refractivity contribution in [3.63, 3.8) is 0 Å². The highest BCUT2D eigenvalue weighted by Crippen LogP contribution is 2.10. The lowest BCUT2D eigenvalue weighted by Crippen LogP contribution is -2.34. The molecular formula is C16H24N2O4. The van der Waals surface area contributed by atoms with Gasteiger partial charge in [-0.3, -0.25) is 4.79 Å². The van der Waals surface area contributed by atoms with Gasteiger partial charge in [0.1, 0.15) is 11.6 Å². The number of benzene rings is 1. The Morgan fingerprint density at radius 2 is 1.73 bits per heavy atom. The Balaban J connectivity index is 2.60. The molecule has 0 saturated carbocycles. The van der Waals surface area contributed by atoms with E-state index >= 15 is 0 Å². The first kappa shape index (κ1) is 18.0. The summed E-state index contributed by atoms with van der Waals surface area (Å²) in [5.74, 6) is -0.899. The van der Waals surface area contributed by atoms with Gasteiger partial charge in [0.2, 0.25) is 0 Å². The third-order valence-electron chi connectivity index (χ3n) is 2.91. The van der Waals surface area contributed by atoms with Crippen LogP contribution in [0.15, 0.2) is 24.3 Å². The monoisotopic (exact) mass is 308 g/mol. The van der Waals surface area contributed by atoms with Crippen molar-refractivity contribution in [1.29, 1.82) is 0 Å². The zero-order valence-corrected chi connectivity index (χ0v) is 13.5. The normalized spacial score (nSPS) is 12.5. The van der Waals surface area contributed by atoms with Gasteiger partial charge in [-0.1, -0.05) is 24.3 Å². The molecule has 0 spiro atoms. The lowest BCUT2D eigenvalue weighted by molar-refractivity contribution is -0.139. The number of hydrogen-bond acceptors (Lipinski definition) is 4. The van der Waals surface area contributed by atoms with Crippen molar-refractivity contribution >= 4 is 12.1 Å². The Bertz CT molecular complexity index is 523. The van der Waals surface area contributed by atoms with Gasteiger partial charge in [-0.15, -0.1) is 0 Å². The predicted molar refractivity (Wildman–Crippen MR) is 83.5 cm³/mol. The van der Waals surface area contributed by atoms with Crippen molar-refractivity contribution in [2.45, 2.75) is 52.4 Å². The van der Waals surface area contributed by atoms with Gasteiger partial charge >= 0.3 is 12.1 Å². The van der Waals surface area contributed by atoms with Gasteiger partial charge in [0.15, 0.2) is 0 Å². The van der Waals surface area contributed by atoms with Gasteiger partial charge in [-0.25, -0.2) is 4.79 Å². The largest absolute Gasteiger partial charge is 0.480 e. The van der Waals surface area contributed by atoms with Crippen LogP contribution in [-0.4, -0.2) is 28.8 Å². The second-order valence-electron chi connectivity index (χ2n) is 6.06. The van der Waals surface area contributed by atoms with Crippen LogP contribution in [0, 0.1) is 0 Å². The van der Waals surface area contributed by atoms with Crippen LogP contribution in [0.25, 0.3) is 0 Å². The molecule has 0 aromatic heterocycles. The van der Waals surface area contributed by atoms with Gasteiger partial charge < -0.3 is 20.5 Å². The molecule has 0 radical (unpaired) electrons. The van der Waals surface area contributed by atoms with E-state index < -0.39 is 23.7 Å². The van der Waals surface area contributed by atoms with E-state index in [1.54, 1.807) is 27.7 Å². The summed E-state index contributed by atoms with van der Waals surface area (Å²) in [5, 5.41) is 14.5. The Morgan fingerprint density at radius 3 is 2.23 bits per heavy atom. The van der Waals surface area contributed by atoms with Crippen LogP contribution in [0.1, 0.15) is 38.8 Å². The fourth-order valence-electron chi connectivity index (χ4n) is 1.73. The molecule has 1 aromatic rings. The number of carboxylic acids is 1. The van der Waals surface area contributed by atoms with E-state index in [2.05, 4.69) is 10.6 Å². The number of carbonyl (C=O) groups is 2. The number of amides is 1. The first-order valence-electron chi connectivity index (χ1n) is 7.19. The van der Waals surface area contributed by atoms with Gasteiger partial charge in [0.25, 0.3) is 0 Å². The Labute approximate surface area is 130 Å². The quantitative estimate of drug-likeness (QED) is 0.750. The van der Waals surface area contributed by atoms with Crippen LogP contribution in [0.5, 0.6) is 0 Å². The lowest BCUT2D eigenvalue weighted by Gasteiger charge is -2.20. The van der Waals surface area contributed by atoms with Crippen molar-refractivity contribution in [1.82, 2.24) is 10.6 Å². The van der Waals surface area contributed by atoms with Crippen molar-refractivity contribution < 1.29 is 19.4 Å². The maximum Gasteiger partial charge on any atom is 0.407 e. The van der Waals surface area contributed by atoms with Crippen LogP contribution in [0.3, 0.4) is 0 Å². The molecule has 0 saturated heterocycles. The summed E-state index contributed by atoms with van der Waals surface area (Å²) in [6.07, 6.45) is -0.478. The van der Waals surface area contributed by atoms with Crippen LogP contribution >= 0.6 is 0 Å². The van der Waals surface area contributed by atoms with E-state index in [0.29, 0.717) is 13.1 Å². The van der Waals surface area contributed by atoms with Gasteiger partial charge in [0, 0.05) is 13.1 Å². The van der Waals surface area contributed by atoms with E-state index in [0.717, 1.165) is 11.1 Å². The fourth-order valence-corrected chi connectivity index (χ4v) is 1.73. The average molecular weight is 308 g/mol. The Morgan fingerprint density at radius 1 is 1.18 bits per heavy atom. The van der Waals surface area contributed by atoms with E-state index in [1.807, 2.05) is 24.3 Å². The molecule has 1 atom stereocenters. The van der Waals surface area contributed by atoms with Gasteiger partial charge in [0.05, 0.1) is 0 Å². The SMILES string of the molecule is CC(NCc1ccccc1CNC(=O)OC(C)(C)C)C(=O)O. The number of nitrogens with one attached hydrogen (secondary N) is 2. The smallest absolute Gasteiger partial charge is 0.407 e. The first-order valence-corrected chi connectivity index (χ1v) is 7.19. The van der Waals surface area contributed by atoms with Gasteiger partial charge in [-0.2, -0.15) is 0 Å². The molecule has 6 heteroatoms.